The lowest BCUT2D eigenvalue weighted by Crippen LogP contribution is -2.44. The summed E-state index contributed by atoms with van der Waals surface area (Å²) >= 11 is 8.22. The molecule has 4 N–H and O–H groups in total. The van der Waals surface area contributed by atoms with E-state index in [1.165, 1.54) is 0 Å². The first-order chi connectivity index (χ1) is 14.0. The van der Waals surface area contributed by atoms with Gasteiger partial charge in [0.25, 0.3) is 0 Å². The van der Waals surface area contributed by atoms with Crippen molar-refractivity contribution in [2.45, 2.75) is 80.3 Å². The fourth-order valence-electron chi connectivity index (χ4n) is 0.579. The number of nitrogens with two attached hydrogens (primary N) is 2. The predicted octanol–water partition coefficient (Wildman–Crippen LogP) is 3.63. The van der Waals surface area contributed by atoms with Gasteiger partial charge in [-0.15, -0.1) is 0 Å². The predicted molar refractivity (Wildman–Crippen MR) is 150 cm³/mol. The molecule has 0 aliphatic carbocycles. The molecule has 0 saturated carbocycles. The number of Topliss-reactive ketones (excluding diaryl/α,β-unsaturated/α-hetero) is 2. The molecule has 0 aromatic rings. The van der Waals surface area contributed by atoms with Crippen molar-refractivity contribution in [1.29, 1.82) is 0 Å². The highest BCUT2D eigenvalue weighted by Crippen LogP contribution is 2.17. The average molecular weight is 497 g/mol. The van der Waals surface area contributed by atoms with Crippen LogP contribution in [-0.4, -0.2) is 85.2 Å². The number of carbonyl (C=O) groups is 2. The summed E-state index contributed by atoms with van der Waals surface area (Å²) in [5.41, 5.74) is 10.6. The minimum Gasteiger partial charge on any atom is -0.329 e. The Hall–Kier alpha value is -0.120. The van der Waals surface area contributed by atoms with Crippen molar-refractivity contribution in [3.05, 3.63) is 0 Å². The fourth-order valence-corrected chi connectivity index (χ4v) is 1.08. The van der Waals surface area contributed by atoms with Gasteiger partial charge < -0.3 is 21.3 Å². The molecular formula is C24H56N4O2S2. The first-order valence-electron chi connectivity index (χ1n) is 11.0. The molecule has 32 heavy (non-hydrogen) atoms. The van der Waals surface area contributed by atoms with Crippen LogP contribution in [0.1, 0.15) is 69.2 Å². The van der Waals surface area contributed by atoms with Gasteiger partial charge >= 0.3 is 0 Å². The van der Waals surface area contributed by atoms with E-state index in [-0.39, 0.29) is 33.5 Å². The third kappa shape index (κ3) is 19.4. The molecule has 0 heterocycles. The van der Waals surface area contributed by atoms with Gasteiger partial charge in [-0.05, 0) is 69.7 Å². The first kappa shape index (κ1) is 39.1. The van der Waals surface area contributed by atoms with Gasteiger partial charge in [0.05, 0.1) is 0 Å². The molecule has 0 amide bonds. The maximum absolute atomic E-state index is 10.6. The molecule has 6 nitrogen and oxygen atoms in total. The lowest BCUT2D eigenvalue weighted by molar-refractivity contribution is -0.124. The van der Waals surface area contributed by atoms with Gasteiger partial charge in [-0.3, -0.25) is 9.59 Å². The molecule has 196 valence electrons. The second-order valence-corrected chi connectivity index (χ2v) is 11.7. The molecule has 0 unspecified atom stereocenters. The van der Waals surface area contributed by atoms with E-state index >= 15 is 0 Å². The summed E-state index contributed by atoms with van der Waals surface area (Å²) < 4.78 is 0. The smallest absolute Gasteiger partial charge is 0.136 e. The van der Waals surface area contributed by atoms with E-state index < -0.39 is 0 Å². The molecule has 0 saturated heterocycles. The third-order valence-corrected chi connectivity index (χ3v) is 7.68. The second-order valence-electron chi connectivity index (χ2n) is 11.0. The van der Waals surface area contributed by atoms with Crippen LogP contribution in [-0.2, 0) is 9.59 Å². The van der Waals surface area contributed by atoms with E-state index in [1.807, 2.05) is 41.8 Å². The summed E-state index contributed by atoms with van der Waals surface area (Å²) in [6.45, 7) is 20.3. The van der Waals surface area contributed by atoms with E-state index in [2.05, 4.69) is 76.8 Å². The number of hydrogen-bond acceptors (Lipinski definition) is 8. The average Bonchev–Trinajstić information content (AvgIpc) is 2.68. The highest BCUT2D eigenvalue weighted by atomic mass is 32.1. The molecule has 0 rings (SSSR count). The van der Waals surface area contributed by atoms with Gasteiger partial charge in [-0.25, -0.2) is 0 Å². The SMILES string of the molecule is CC(=O)C(C)(C)CN.CC(=O)C(C)(C)CS.CN(C)C(C)(C)CN.CN(C)C(C)(C)CS. The van der Waals surface area contributed by atoms with Crippen LogP contribution in [0.15, 0.2) is 0 Å². The Bertz CT molecular complexity index is 472. The summed E-state index contributed by atoms with van der Waals surface area (Å²) in [7, 11) is 8.20. The number of thiol groups is 2. The number of nitrogens with zero attached hydrogens (tertiary/aromatic N) is 2. The molecule has 0 aromatic carbocycles. The normalized spacial score (nSPS) is 12.1. The van der Waals surface area contributed by atoms with E-state index in [1.54, 1.807) is 13.8 Å². The Morgan fingerprint density at radius 3 is 0.938 bits per heavy atom. The van der Waals surface area contributed by atoms with Crippen LogP contribution < -0.4 is 11.5 Å². The van der Waals surface area contributed by atoms with Crippen LogP contribution in [0.25, 0.3) is 0 Å². The van der Waals surface area contributed by atoms with Crippen LogP contribution >= 0.6 is 25.3 Å². The van der Waals surface area contributed by atoms with Crippen LogP contribution in [0.3, 0.4) is 0 Å². The Morgan fingerprint density at radius 2 is 0.938 bits per heavy atom. The van der Waals surface area contributed by atoms with E-state index in [9.17, 15) is 9.59 Å². The molecule has 0 atom stereocenters. The van der Waals surface area contributed by atoms with Gasteiger partial charge in [0.2, 0.25) is 0 Å². The Labute approximate surface area is 211 Å². The lowest BCUT2D eigenvalue weighted by atomic mass is 9.89. The Morgan fingerprint density at radius 1 is 0.625 bits per heavy atom. The number of hydrogen-bond donors (Lipinski definition) is 4. The van der Waals surface area contributed by atoms with Crippen molar-refractivity contribution in [2.75, 3.05) is 52.8 Å². The summed E-state index contributed by atoms with van der Waals surface area (Å²) in [5, 5.41) is 0. The largest absolute Gasteiger partial charge is 0.329 e. The molecule has 0 bridgehead atoms. The maximum Gasteiger partial charge on any atom is 0.136 e. The van der Waals surface area contributed by atoms with E-state index in [0.717, 1.165) is 5.75 Å². The molecule has 0 aliphatic heterocycles. The zero-order chi connectivity index (χ0) is 27.1. The summed E-state index contributed by atoms with van der Waals surface area (Å²) in [5.74, 6) is 1.88. The van der Waals surface area contributed by atoms with Gasteiger partial charge in [0.1, 0.15) is 11.6 Å². The van der Waals surface area contributed by atoms with Crippen molar-refractivity contribution < 1.29 is 9.59 Å². The van der Waals surface area contributed by atoms with Crippen LogP contribution in [0.2, 0.25) is 0 Å². The summed E-state index contributed by atoms with van der Waals surface area (Å²) in [4.78, 5) is 25.5. The first-order valence-corrected chi connectivity index (χ1v) is 12.3. The minimum absolute atomic E-state index is 0.153. The zero-order valence-corrected chi connectivity index (χ0v) is 25.4. The van der Waals surface area contributed by atoms with Gasteiger partial charge in [-0.2, -0.15) is 25.3 Å². The quantitative estimate of drug-likeness (QED) is 0.384. The molecule has 0 radical (unpaired) electrons. The van der Waals surface area contributed by atoms with Gasteiger partial charge in [0, 0.05) is 46.5 Å². The number of likely N-dealkylation sites (N-methyl/N-ethyl adjacent to an activating group) is 1. The number of carbonyl (C=O) groups excluding carboxylic acids is 2. The van der Waals surface area contributed by atoms with E-state index in [0.29, 0.717) is 18.8 Å². The third-order valence-electron chi connectivity index (χ3n) is 6.12. The fraction of sp³-hybridized carbons (Fsp3) is 0.917. The van der Waals surface area contributed by atoms with Crippen molar-refractivity contribution in [3.63, 3.8) is 0 Å². The lowest BCUT2D eigenvalue weighted by Gasteiger charge is -2.30. The standard InChI is InChI=1S/C6H16N2.C6H13NO.C6H15NS.C6H12OS/c1-6(2,5-7)8(3)4;1-5(8)6(2,3)4-7;1-6(2,5-8)7(3)4;1-5(7)6(2,3)4-8/h5,7H2,1-4H3;4,7H2,1-3H3;8H,5H2,1-4H3;8H,4H2,1-3H3. The highest BCUT2D eigenvalue weighted by molar-refractivity contribution is 7.80. The Balaban J connectivity index is -0.000000163. The van der Waals surface area contributed by atoms with Crippen molar-refractivity contribution in [1.82, 2.24) is 9.80 Å². The van der Waals surface area contributed by atoms with Crippen LogP contribution in [0, 0.1) is 10.8 Å². The van der Waals surface area contributed by atoms with E-state index in [4.69, 9.17) is 11.5 Å². The van der Waals surface area contributed by atoms with Crippen molar-refractivity contribution in [3.8, 4) is 0 Å². The Kier molecular flexibility index (Phi) is 21.2. The molecule has 0 fully saturated rings. The van der Waals surface area contributed by atoms with Crippen LogP contribution in [0.5, 0.6) is 0 Å². The monoisotopic (exact) mass is 496 g/mol. The molecule has 0 aliphatic rings. The summed E-state index contributed by atoms with van der Waals surface area (Å²) in [6, 6.07) is 0. The zero-order valence-electron chi connectivity index (χ0n) is 23.6. The molecule has 0 aromatic heterocycles. The molecule has 8 heteroatoms. The second kappa shape index (κ2) is 17.3. The highest BCUT2D eigenvalue weighted by Gasteiger charge is 2.21. The molecular weight excluding hydrogens is 440 g/mol. The number of ketones is 2. The number of rotatable bonds is 8. The topological polar surface area (TPSA) is 92.7 Å². The minimum atomic E-state index is -0.319. The van der Waals surface area contributed by atoms with Gasteiger partial charge in [-0.1, -0.05) is 27.7 Å². The maximum atomic E-state index is 10.6. The van der Waals surface area contributed by atoms with Crippen molar-refractivity contribution in [2.24, 2.45) is 22.3 Å². The van der Waals surface area contributed by atoms with Gasteiger partial charge in [0.15, 0.2) is 0 Å². The molecule has 0 spiro atoms. The summed E-state index contributed by atoms with van der Waals surface area (Å²) in [6.07, 6.45) is 0. The van der Waals surface area contributed by atoms with Crippen LogP contribution in [0.4, 0.5) is 0 Å². The van der Waals surface area contributed by atoms with Crippen molar-refractivity contribution >= 4 is 36.8 Å².